The first-order valence-electron chi connectivity index (χ1n) is 33.7. The second-order valence-corrected chi connectivity index (χ2v) is 29.4. The molecule has 93 heavy (non-hydrogen) atoms. The first kappa shape index (κ1) is 83.1. The molecule has 10 amide bonds. The number of esters is 1. The van der Waals surface area contributed by atoms with Crippen molar-refractivity contribution in [3.05, 3.63) is 0 Å². The Bertz CT molecular complexity index is 2500. The van der Waals surface area contributed by atoms with Crippen molar-refractivity contribution in [2.45, 2.75) is 229 Å². The number of carbonyl (C=O) groups excluding carboxylic acids is 11. The van der Waals surface area contributed by atoms with Crippen molar-refractivity contribution in [3.63, 3.8) is 0 Å². The summed E-state index contributed by atoms with van der Waals surface area (Å²) in [5, 5.41) is 34.8. The third-order valence-electron chi connectivity index (χ3n) is 17.8. The van der Waals surface area contributed by atoms with Gasteiger partial charge in [0.2, 0.25) is 53.2 Å². The van der Waals surface area contributed by atoms with E-state index in [4.69, 9.17) is 4.74 Å². The lowest BCUT2D eigenvalue weighted by Gasteiger charge is -2.40. The molecule has 0 aromatic carbocycles. The highest BCUT2D eigenvalue weighted by molar-refractivity contribution is 5.99. The van der Waals surface area contributed by atoms with Crippen molar-refractivity contribution in [1.29, 1.82) is 0 Å². The minimum Gasteiger partial charge on any atom is -0.450 e. The van der Waals surface area contributed by atoms with Gasteiger partial charge in [0.15, 0.2) is 6.10 Å². The number of cyclic esters (lactones) is 1. The van der Waals surface area contributed by atoms with Gasteiger partial charge in [-0.05, 0) is 113 Å². The van der Waals surface area contributed by atoms with Gasteiger partial charge in [0, 0.05) is 68.5 Å². The quantitative estimate of drug-likeness (QED) is 0.107. The number of carbonyl (C=O) groups is 11. The van der Waals surface area contributed by atoms with Crippen LogP contribution in [0.15, 0.2) is 0 Å². The number of nitrogens with one attached hydrogen (secondary N) is 4. The smallest absolute Gasteiger partial charge is 0.329 e. The number of aliphatic hydroxyl groups is 2. The molecule has 0 spiro atoms. The summed E-state index contributed by atoms with van der Waals surface area (Å²) in [6.07, 6.45) is -3.73. The monoisotopic (exact) mass is 1320 g/mol. The number of ether oxygens (including phenoxy) is 1. The van der Waals surface area contributed by atoms with Gasteiger partial charge in [0.05, 0.1) is 18.8 Å². The number of rotatable bonds is 18. The highest BCUT2D eigenvalue weighted by atomic mass is 16.6. The normalized spacial score (nSPS) is 27.3. The molecule has 13 atom stereocenters. The summed E-state index contributed by atoms with van der Waals surface area (Å²) < 4.78 is 5.92. The van der Waals surface area contributed by atoms with Gasteiger partial charge in [0.1, 0.15) is 54.4 Å². The molecule has 2 aliphatic heterocycles. The lowest BCUT2D eigenvalue weighted by molar-refractivity contribution is -0.166. The predicted molar refractivity (Wildman–Crippen MR) is 356 cm³/mol. The van der Waals surface area contributed by atoms with Crippen molar-refractivity contribution in [2.24, 2.45) is 47.3 Å². The van der Waals surface area contributed by atoms with E-state index in [0.29, 0.717) is 13.0 Å². The van der Waals surface area contributed by atoms with Gasteiger partial charge in [-0.15, -0.1) is 0 Å². The van der Waals surface area contributed by atoms with Crippen molar-refractivity contribution >= 4 is 65.0 Å². The lowest BCUT2D eigenvalue weighted by atomic mass is 9.91. The van der Waals surface area contributed by atoms with E-state index < -0.39 is 162 Å². The fourth-order valence-electron chi connectivity index (χ4n) is 12.0. The predicted octanol–water partition coefficient (Wildman–Crippen LogP) is 2.02. The molecular weight excluding hydrogens is 1200 g/mol. The second kappa shape index (κ2) is 37.9. The molecule has 0 aliphatic carbocycles. The van der Waals surface area contributed by atoms with Crippen LogP contribution in [0.2, 0.25) is 0 Å². The summed E-state index contributed by atoms with van der Waals surface area (Å²) in [6.45, 7) is 32.7. The van der Waals surface area contributed by atoms with Crippen LogP contribution in [0.1, 0.15) is 156 Å². The zero-order valence-corrected chi connectivity index (χ0v) is 60.9. The van der Waals surface area contributed by atoms with Crippen LogP contribution in [0.5, 0.6) is 0 Å². The van der Waals surface area contributed by atoms with E-state index in [1.807, 2.05) is 76.3 Å². The summed E-state index contributed by atoms with van der Waals surface area (Å²) in [4.78, 5) is 173. The highest BCUT2D eigenvalue weighted by Crippen LogP contribution is 2.25. The zero-order valence-electron chi connectivity index (χ0n) is 60.9. The maximum absolute atomic E-state index is 15.3. The van der Waals surface area contributed by atoms with E-state index in [9.17, 15) is 48.6 Å². The summed E-state index contributed by atoms with van der Waals surface area (Å²) >= 11 is 0. The molecule has 6 N–H and O–H groups in total. The van der Waals surface area contributed by atoms with Crippen LogP contribution in [0.25, 0.3) is 0 Å². The second-order valence-electron chi connectivity index (χ2n) is 29.4. The molecule has 2 saturated heterocycles. The Morgan fingerprint density at radius 1 is 0.452 bits per heavy atom. The molecule has 26 heteroatoms. The van der Waals surface area contributed by atoms with Gasteiger partial charge >= 0.3 is 5.97 Å². The lowest BCUT2D eigenvalue weighted by Crippen LogP contribution is -2.64. The summed E-state index contributed by atoms with van der Waals surface area (Å²) in [6, 6.07) is -12.2. The molecule has 0 saturated carbocycles. The van der Waals surface area contributed by atoms with Crippen LogP contribution >= 0.6 is 0 Å². The molecular formula is C67H122N12O14. The average molecular weight is 1320 g/mol. The van der Waals surface area contributed by atoms with Gasteiger partial charge in [-0.2, -0.15) is 0 Å². The Hall–Kier alpha value is -5.99. The summed E-state index contributed by atoms with van der Waals surface area (Å²) in [7, 11) is 10.2. The van der Waals surface area contributed by atoms with Crippen molar-refractivity contribution in [1.82, 2.24) is 60.5 Å². The Balaban J connectivity index is 3.03. The first-order chi connectivity index (χ1) is 43.0. The van der Waals surface area contributed by atoms with Crippen molar-refractivity contribution in [2.75, 3.05) is 88.6 Å². The van der Waals surface area contributed by atoms with Crippen LogP contribution in [0.3, 0.4) is 0 Å². The van der Waals surface area contributed by atoms with Gasteiger partial charge in [-0.1, -0.05) is 104 Å². The van der Waals surface area contributed by atoms with Gasteiger partial charge in [-0.25, -0.2) is 4.79 Å². The minimum absolute atomic E-state index is 0.0827. The fraction of sp³-hybridized carbons (Fsp3) is 0.836. The number of aliphatic hydroxyl groups excluding tert-OH is 2. The van der Waals surface area contributed by atoms with Crippen LogP contribution < -0.4 is 21.3 Å². The largest absolute Gasteiger partial charge is 0.450 e. The third kappa shape index (κ3) is 24.6. The van der Waals surface area contributed by atoms with Crippen LogP contribution in [0.4, 0.5) is 0 Å². The zero-order chi connectivity index (χ0) is 71.5. The van der Waals surface area contributed by atoms with Gasteiger partial charge in [-0.3, -0.25) is 47.9 Å². The highest BCUT2D eigenvalue weighted by Gasteiger charge is 2.46. The number of hydrogen-bond acceptors (Lipinski definition) is 16. The number of amides is 10. The Kier molecular flexibility index (Phi) is 33.9. The van der Waals surface area contributed by atoms with Gasteiger partial charge in [0.25, 0.3) is 5.91 Å². The SMILES string of the molecule is CC(C)C[C@@H]1NC(=O)[C@H](CC(C)C)N(C)C(=O)[C@H](C(C)C)OC(=O)[C@@H](C)NC(=O)[C@@H](CC(C)C)N(C)C(=O)[C@@H](CC(C)C)NC(=O)[C@H](CC(C)C)N(C)C(=O)CN(C)C(=O)[C@H](C(C)O)NC(=O)[C@H](C(O)[C@H](C)CCN2CCN(C)CC2)N(C)C(=O)[C@H](C(C)C)N(C)C1=O. The molecule has 0 bridgehead atoms. The maximum Gasteiger partial charge on any atom is 0.329 e. The molecule has 2 unspecified atom stereocenters. The molecule has 2 heterocycles. The summed E-state index contributed by atoms with van der Waals surface area (Å²) in [5.74, 6) is -11.5. The van der Waals surface area contributed by atoms with Crippen LogP contribution in [-0.4, -0.2) is 276 Å². The number of nitrogens with zero attached hydrogens (tertiary/aromatic N) is 8. The number of piperazine rings is 1. The molecule has 2 aliphatic rings. The fourth-order valence-corrected chi connectivity index (χ4v) is 12.0. The molecule has 26 nitrogen and oxygen atoms in total. The van der Waals surface area contributed by atoms with Crippen LogP contribution in [0, 0.1) is 47.3 Å². The summed E-state index contributed by atoms with van der Waals surface area (Å²) in [5.41, 5.74) is 0. The standard InChI is InChI=1S/C67H122N12O14/c1-37(2)31-47-62(87)75(21)50(34-40(7)8)58(83)68-45(16)67(92)93-57(43(13)14)66(91)76(22)51(35-41(9)10)60(85)70-48(32-38(3)4)63(88)77(23)54(42(11)12)65(90)78(24)55(56(82)44(15)25-26-79-29-27-72(18)28-30-79)61(86)71-53(46(17)80)64(89)73(19)36-52(81)74(20)49(33-39(5)6)59(84)69-47/h37-51,53-57,80,82H,25-36H2,1-24H3,(H,68,83)(H,69,84)(H,70,85)(H,71,86)/t44-,45-,46?,47-,48+,49+,50-,51+,53+,54+,55+,56?,57+/m1/s1. The Morgan fingerprint density at radius 2 is 0.860 bits per heavy atom. The van der Waals surface area contributed by atoms with E-state index in [0.717, 1.165) is 40.9 Å². The Labute approximate surface area is 556 Å². The minimum atomic E-state index is -1.75. The molecule has 2 rings (SSSR count). The number of hydrogen-bond donors (Lipinski definition) is 6. The molecule has 534 valence electrons. The van der Waals surface area contributed by atoms with E-state index in [-0.39, 0.29) is 61.7 Å². The third-order valence-corrected chi connectivity index (χ3v) is 17.8. The van der Waals surface area contributed by atoms with Crippen molar-refractivity contribution < 1.29 is 67.7 Å². The topological polar surface area (TPSA) is 312 Å². The molecule has 2 fully saturated rings. The molecule has 0 aromatic rings. The molecule has 0 radical (unpaired) electrons. The van der Waals surface area contributed by atoms with Crippen LogP contribution in [-0.2, 0) is 57.5 Å². The van der Waals surface area contributed by atoms with E-state index in [1.54, 1.807) is 34.6 Å². The molecule has 0 aromatic heterocycles. The number of likely N-dealkylation sites (N-methyl/N-ethyl adjacent to an activating group) is 7. The Morgan fingerprint density at radius 3 is 1.28 bits per heavy atom. The van der Waals surface area contributed by atoms with Gasteiger partial charge < -0.3 is 75.4 Å². The van der Waals surface area contributed by atoms with E-state index in [1.165, 1.54) is 70.8 Å². The van der Waals surface area contributed by atoms with E-state index >= 15 is 14.4 Å². The average Bonchev–Trinajstić information content (AvgIpc) is 0.837. The maximum atomic E-state index is 15.3. The first-order valence-corrected chi connectivity index (χ1v) is 33.7. The van der Waals surface area contributed by atoms with Crippen molar-refractivity contribution in [3.8, 4) is 0 Å². The van der Waals surface area contributed by atoms with E-state index in [2.05, 4.69) is 31.1 Å².